The largest absolute Gasteiger partial charge is 0.444 e. The second kappa shape index (κ2) is 12.3. The topological polar surface area (TPSA) is 87.7 Å². The molecule has 7 heteroatoms. The van der Waals surface area contributed by atoms with Crippen LogP contribution in [0.5, 0.6) is 0 Å². The van der Waals surface area contributed by atoms with Crippen LogP contribution in [0.15, 0.2) is 48.5 Å². The van der Waals surface area contributed by atoms with E-state index < -0.39 is 35.6 Å². The number of benzene rings is 2. The van der Waals surface area contributed by atoms with Gasteiger partial charge in [-0.2, -0.15) is 0 Å². The quantitative estimate of drug-likeness (QED) is 0.385. The van der Waals surface area contributed by atoms with Gasteiger partial charge in [0.05, 0.1) is 0 Å². The zero-order chi connectivity index (χ0) is 27.0. The first kappa shape index (κ1) is 28.4. The molecule has 2 aromatic rings. The van der Waals surface area contributed by atoms with Crippen LogP contribution in [0.1, 0.15) is 63.8 Å². The normalized spacial score (nSPS) is 12.8. The summed E-state index contributed by atoms with van der Waals surface area (Å²) in [6.45, 7) is 12.9. The summed E-state index contributed by atoms with van der Waals surface area (Å²) in [5.74, 6) is -0.963. The van der Waals surface area contributed by atoms with Gasteiger partial charge in [0.1, 0.15) is 17.7 Å². The third-order valence-electron chi connectivity index (χ3n) is 5.38. The van der Waals surface area contributed by atoms with Crippen molar-refractivity contribution in [3.05, 3.63) is 65.2 Å². The number of hydrogen-bond acceptors (Lipinski definition) is 4. The maximum Gasteiger partial charge on any atom is 0.408 e. The highest BCUT2D eigenvalue weighted by Gasteiger charge is 2.36. The summed E-state index contributed by atoms with van der Waals surface area (Å²) in [6.07, 6.45) is 5.42. The molecule has 2 aromatic carbocycles. The molecule has 0 spiro atoms. The molecule has 3 amide bonds. The van der Waals surface area contributed by atoms with Crippen molar-refractivity contribution in [1.29, 1.82) is 0 Å². The Kier molecular flexibility index (Phi) is 9.68. The maximum absolute atomic E-state index is 13.7. The van der Waals surface area contributed by atoms with E-state index in [1.165, 1.54) is 0 Å². The minimum Gasteiger partial charge on any atom is -0.444 e. The van der Waals surface area contributed by atoms with E-state index in [-0.39, 0.29) is 5.92 Å². The van der Waals surface area contributed by atoms with Gasteiger partial charge in [-0.05, 0) is 64.2 Å². The number of ether oxygens (including phenoxy) is 1. The average molecular weight is 492 g/mol. The van der Waals surface area contributed by atoms with Gasteiger partial charge in [-0.3, -0.25) is 14.5 Å². The van der Waals surface area contributed by atoms with Crippen molar-refractivity contribution < 1.29 is 19.1 Å². The smallest absolute Gasteiger partial charge is 0.408 e. The molecule has 0 radical (unpaired) electrons. The van der Waals surface area contributed by atoms with Crippen LogP contribution in [-0.4, -0.2) is 34.5 Å². The molecule has 2 atom stereocenters. The van der Waals surface area contributed by atoms with Gasteiger partial charge in [-0.1, -0.05) is 68.3 Å². The zero-order valence-electron chi connectivity index (χ0n) is 22.2. The number of terminal acetylenes is 1. The molecule has 0 saturated heterocycles. The average Bonchev–Trinajstić information content (AvgIpc) is 2.77. The monoisotopic (exact) mass is 491 g/mol. The summed E-state index contributed by atoms with van der Waals surface area (Å²) >= 11 is 0. The Bertz CT molecular complexity index is 1110. The number of amides is 3. The fourth-order valence-corrected chi connectivity index (χ4v) is 3.66. The Morgan fingerprint density at radius 3 is 2.17 bits per heavy atom. The number of nitrogens with one attached hydrogen (secondary N) is 2. The number of carbonyl (C=O) groups is 3. The lowest BCUT2D eigenvalue weighted by Crippen LogP contribution is -2.51. The second-order valence-corrected chi connectivity index (χ2v) is 10.3. The fraction of sp³-hybridized carbons (Fsp3) is 0.414. The van der Waals surface area contributed by atoms with Crippen LogP contribution < -0.4 is 10.6 Å². The van der Waals surface area contributed by atoms with Crippen molar-refractivity contribution in [2.75, 3.05) is 5.32 Å². The number of anilines is 1. The summed E-state index contributed by atoms with van der Waals surface area (Å²) in [6, 6.07) is 14.9. The Morgan fingerprint density at radius 1 is 1.03 bits per heavy atom. The van der Waals surface area contributed by atoms with E-state index in [2.05, 4.69) is 16.7 Å². The van der Waals surface area contributed by atoms with Gasteiger partial charge >= 0.3 is 6.09 Å². The number of alkyl carbamates (subject to hydrolysis) is 1. The van der Waals surface area contributed by atoms with Gasteiger partial charge < -0.3 is 15.4 Å². The molecule has 0 aliphatic carbocycles. The molecule has 2 N–H and O–H groups in total. The summed E-state index contributed by atoms with van der Waals surface area (Å²) in [5.41, 5.74) is 2.31. The minimum absolute atomic E-state index is 0.0622. The number of para-hydroxylation sites is 1. The van der Waals surface area contributed by atoms with E-state index >= 15 is 0 Å². The van der Waals surface area contributed by atoms with Gasteiger partial charge in [0, 0.05) is 11.7 Å². The van der Waals surface area contributed by atoms with Crippen LogP contribution in [0.25, 0.3) is 0 Å². The molecule has 2 rings (SSSR count). The highest BCUT2D eigenvalue weighted by Crippen LogP contribution is 2.26. The van der Waals surface area contributed by atoms with E-state index in [1.807, 2.05) is 58.0 Å². The number of aryl methyl sites for hydroxylation is 2. The van der Waals surface area contributed by atoms with Gasteiger partial charge in [0.2, 0.25) is 0 Å². The Hall–Kier alpha value is -3.79. The highest BCUT2D eigenvalue weighted by molar-refractivity contribution is 6.00. The van der Waals surface area contributed by atoms with Crippen molar-refractivity contribution in [2.24, 2.45) is 5.92 Å². The number of carbonyl (C=O) groups excluding carboxylic acids is 3. The van der Waals surface area contributed by atoms with Gasteiger partial charge in [-0.25, -0.2) is 4.79 Å². The molecule has 0 heterocycles. The zero-order valence-corrected chi connectivity index (χ0v) is 22.2. The predicted octanol–water partition coefficient (Wildman–Crippen LogP) is 5.34. The predicted molar refractivity (Wildman–Crippen MR) is 142 cm³/mol. The van der Waals surface area contributed by atoms with Crippen molar-refractivity contribution in [2.45, 2.75) is 72.6 Å². The Labute approximate surface area is 214 Å². The molecule has 0 saturated carbocycles. The first-order valence-electron chi connectivity index (χ1n) is 12.0. The fourth-order valence-electron chi connectivity index (χ4n) is 3.66. The lowest BCUT2D eigenvalue weighted by Gasteiger charge is -2.31. The van der Waals surface area contributed by atoms with E-state index in [9.17, 15) is 14.4 Å². The first-order valence-corrected chi connectivity index (χ1v) is 12.0. The van der Waals surface area contributed by atoms with E-state index in [1.54, 1.807) is 39.0 Å². The van der Waals surface area contributed by atoms with Crippen molar-refractivity contribution in [3.8, 4) is 12.5 Å². The van der Waals surface area contributed by atoms with Crippen molar-refractivity contribution >= 4 is 23.6 Å². The molecule has 0 aliphatic rings. The SMILES string of the molecule is C#CN(C(=O)C(CC(C)C)NC(=O)OC(C)(C)C)C(C(=O)Nc1ccccc1C)c1ccc(C)cc1. The van der Waals surface area contributed by atoms with Crippen molar-refractivity contribution in [1.82, 2.24) is 10.2 Å². The summed E-state index contributed by atoms with van der Waals surface area (Å²) in [7, 11) is 0. The Balaban J connectivity index is 2.46. The number of nitrogens with zero attached hydrogens (tertiary/aromatic N) is 1. The molecule has 7 nitrogen and oxygen atoms in total. The van der Waals surface area contributed by atoms with Crippen molar-refractivity contribution in [3.63, 3.8) is 0 Å². The minimum atomic E-state index is -1.11. The summed E-state index contributed by atoms with van der Waals surface area (Å²) in [5, 5.41) is 5.56. The maximum atomic E-state index is 13.7. The van der Waals surface area contributed by atoms with E-state index in [0.29, 0.717) is 17.7 Å². The van der Waals surface area contributed by atoms with Crippen LogP contribution in [0, 0.1) is 32.2 Å². The molecule has 2 unspecified atom stereocenters. The molecule has 192 valence electrons. The second-order valence-electron chi connectivity index (χ2n) is 10.3. The third kappa shape index (κ3) is 8.16. The van der Waals surface area contributed by atoms with Gasteiger partial charge in [-0.15, -0.1) is 0 Å². The van der Waals surface area contributed by atoms with E-state index in [0.717, 1.165) is 16.0 Å². The molecular weight excluding hydrogens is 454 g/mol. The van der Waals surface area contributed by atoms with Gasteiger partial charge in [0.15, 0.2) is 0 Å². The molecule has 0 aliphatic heterocycles. The standard InChI is InChI=1S/C29H37N3O4/c1-9-32(27(34)24(18-19(2)3)31-28(35)36-29(6,7)8)25(22-16-14-20(4)15-17-22)26(33)30-23-13-11-10-12-21(23)5/h1,10-17,19,24-25H,18H2,2-8H3,(H,30,33)(H,31,35). The van der Waals surface area contributed by atoms with Crippen LogP contribution in [-0.2, 0) is 14.3 Å². The molecule has 0 bridgehead atoms. The van der Waals surface area contributed by atoms with Crippen LogP contribution >= 0.6 is 0 Å². The summed E-state index contributed by atoms with van der Waals surface area (Å²) < 4.78 is 5.36. The lowest BCUT2D eigenvalue weighted by molar-refractivity contribution is -0.137. The third-order valence-corrected chi connectivity index (χ3v) is 5.38. The molecule has 0 fully saturated rings. The first-order chi connectivity index (χ1) is 16.8. The van der Waals surface area contributed by atoms with Crippen LogP contribution in [0.3, 0.4) is 0 Å². The highest BCUT2D eigenvalue weighted by atomic mass is 16.6. The van der Waals surface area contributed by atoms with Gasteiger partial charge in [0.25, 0.3) is 11.8 Å². The Morgan fingerprint density at radius 2 is 1.64 bits per heavy atom. The molecule has 0 aromatic heterocycles. The van der Waals surface area contributed by atoms with E-state index in [4.69, 9.17) is 11.2 Å². The molecule has 36 heavy (non-hydrogen) atoms. The van der Waals surface area contributed by atoms with Crippen LogP contribution in [0.4, 0.5) is 10.5 Å². The number of rotatable bonds is 8. The number of hydrogen-bond donors (Lipinski definition) is 2. The lowest BCUT2D eigenvalue weighted by atomic mass is 9.99. The molecular formula is C29H37N3O4. The summed E-state index contributed by atoms with van der Waals surface area (Å²) in [4.78, 5) is 40.9. The van der Waals surface area contributed by atoms with Crippen LogP contribution in [0.2, 0.25) is 0 Å².